The Bertz CT molecular complexity index is 1290. The second-order valence-corrected chi connectivity index (χ2v) is 6.97. The number of hydrogen-bond acceptors (Lipinski definition) is 6. The van der Waals surface area contributed by atoms with Crippen LogP contribution in [0.25, 0.3) is 22.0 Å². The normalized spacial score (nSPS) is 10.6. The summed E-state index contributed by atoms with van der Waals surface area (Å²) in [6.45, 7) is 2.61. The minimum absolute atomic E-state index is 0.241. The highest BCUT2D eigenvalue weighted by molar-refractivity contribution is 5.93. The van der Waals surface area contributed by atoms with Crippen molar-refractivity contribution >= 4 is 16.8 Å². The largest absolute Gasteiger partial charge is 0.478 e. The molecule has 8 heteroatoms. The number of amides is 1. The van der Waals surface area contributed by atoms with Gasteiger partial charge in [0.05, 0.1) is 30.0 Å². The van der Waals surface area contributed by atoms with Gasteiger partial charge in [-0.05, 0) is 36.8 Å². The number of hydrogen-bond donors (Lipinski definition) is 1. The summed E-state index contributed by atoms with van der Waals surface area (Å²) in [7, 11) is 1.71. The van der Waals surface area contributed by atoms with E-state index in [0.717, 1.165) is 27.6 Å². The van der Waals surface area contributed by atoms with Gasteiger partial charge in [-0.1, -0.05) is 12.1 Å². The van der Waals surface area contributed by atoms with Gasteiger partial charge in [0.1, 0.15) is 5.69 Å². The monoisotopic (exact) mass is 412 g/mol. The van der Waals surface area contributed by atoms with Crippen LogP contribution in [-0.2, 0) is 6.54 Å². The number of rotatable bonds is 6. The molecule has 0 spiro atoms. The molecular formula is C23H20N6O2. The zero-order chi connectivity index (χ0) is 21.8. The number of carbonyl (C=O) groups excluding carboxylic acids is 1. The number of aromatic nitrogens is 4. The molecule has 31 heavy (non-hydrogen) atoms. The second kappa shape index (κ2) is 8.63. The average Bonchev–Trinajstić information content (AvgIpc) is 3.29. The number of carbonyl (C=O) groups is 1. The van der Waals surface area contributed by atoms with Gasteiger partial charge in [-0.2, -0.15) is 10.4 Å². The lowest BCUT2D eigenvalue weighted by Crippen LogP contribution is -2.27. The van der Waals surface area contributed by atoms with E-state index in [1.54, 1.807) is 60.9 Å². The molecule has 4 aromatic rings. The maximum atomic E-state index is 13.0. The Labute approximate surface area is 179 Å². The van der Waals surface area contributed by atoms with Gasteiger partial charge in [0.15, 0.2) is 0 Å². The van der Waals surface area contributed by atoms with Crippen molar-refractivity contribution in [2.45, 2.75) is 13.5 Å². The molecule has 1 N–H and O–H groups in total. The van der Waals surface area contributed by atoms with Gasteiger partial charge in [-0.3, -0.25) is 14.9 Å². The SMILES string of the molecule is CCOc1nc(C(=O)N(C)Cc2cncc3cn[nH]c23)ccc1-c1cccc(C#N)c1. The number of aromatic amines is 1. The fraction of sp³-hybridized carbons (Fsp3) is 0.174. The smallest absolute Gasteiger partial charge is 0.272 e. The van der Waals surface area contributed by atoms with Crippen molar-refractivity contribution in [2.75, 3.05) is 13.7 Å². The van der Waals surface area contributed by atoms with E-state index in [9.17, 15) is 10.1 Å². The highest BCUT2D eigenvalue weighted by atomic mass is 16.5. The Hall–Kier alpha value is -4.25. The van der Waals surface area contributed by atoms with Gasteiger partial charge < -0.3 is 9.64 Å². The lowest BCUT2D eigenvalue weighted by molar-refractivity contribution is 0.0778. The van der Waals surface area contributed by atoms with E-state index in [-0.39, 0.29) is 11.6 Å². The van der Waals surface area contributed by atoms with Crippen molar-refractivity contribution in [2.24, 2.45) is 0 Å². The van der Waals surface area contributed by atoms with Crippen molar-refractivity contribution in [1.29, 1.82) is 5.26 Å². The van der Waals surface area contributed by atoms with Crippen molar-refractivity contribution in [3.63, 3.8) is 0 Å². The highest BCUT2D eigenvalue weighted by Crippen LogP contribution is 2.29. The number of nitriles is 1. The average molecular weight is 412 g/mol. The molecule has 0 saturated carbocycles. The molecule has 8 nitrogen and oxygen atoms in total. The number of H-pyrrole nitrogens is 1. The van der Waals surface area contributed by atoms with Crippen LogP contribution in [0.2, 0.25) is 0 Å². The van der Waals surface area contributed by atoms with Gasteiger partial charge in [-0.25, -0.2) is 4.98 Å². The summed E-state index contributed by atoms with van der Waals surface area (Å²) < 4.78 is 5.71. The predicted molar refractivity (Wildman–Crippen MR) is 115 cm³/mol. The Morgan fingerprint density at radius 2 is 2.10 bits per heavy atom. The number of fused-ring (bicyclic) bond motifs is 1. The first-order chi connectivity index (χ1) is 15.1. The third-order valence-corrected chi connectivity index (χ3v) is 4.85. The fourth-order valence-electron chi connectivity index (χ4n) is 3.35. The molecule has 0 saturated heterocycles. The molecule has 3 heterocycles. The maximum absolute atomic E-state index is 13.0. The summed E-state index contributed by atoms with van der Waals surface area (Å²) in [5.74, 6) is 0.115. The van der Waals surface area contributed by atoms with E-state index in [1.165, 1.54) is 0 Å². The van der Waals surface area contributed by atoms with E-state index in [4.69, 9.17) is 4.74 Å². The van der Waals surface area contributed by atoms with E-state index < -0.39 is 0 Å². The van der Waals surface area contributed by atoms with Gasteiger partial charge in [0.2, 0.25) is 5.88 Å². The minimum atomic E-state index is -0.241. The van der Waals surface area contributed by atoms with Crippen LogP contribution in [0, 0.1) is 11.3 Å². The molecule has 4 rings (SSSR count). The van der Waals surface area contributed by atoms with Crippen LogP contribution >= 0.6 is 0 Å². The summed E-state index contributed by atoms with van der Waals surface area (Å²) in [5.41, 5.74) is 4.06. The molecule has 0 aliphatic heterocycles. The maximum Gasteiger partial charge on any atom is 0.272 e. The van der Waals surface area contributed by atoms with Crippen LogP contribution in [0.5, 0.6) is 5.88 Å². The van der Waals surface area contributed by atoms with E-state index in [0.29, 0.717) is 24.6 Å². The Morgan fingerprint density at radius 1 is 1.23 bits per heavy atom. The first-order valence-electron chi connectivity index (χ1n) is 9.76. The van der Waals surface area contributed by atoms with E-state index in [1.807, 2.05) is 13.0 Å². The number of nitrogens with zero attached hydrogens (tertiary/aromatic N) is 5. The summed E-state index contributed by atoms with van der Waals surface area (Å²) >= 11 is 0. The molecule has 0 aliphatic rings. The lowest BCUT2D eigenvalue weighted by atomic mass is 10.0. The van der Waals surface area contributed by atoms with Crippen LogP contribution in [0.1, 0.15) is 28.5 Å². The summed E-state index contributed by atoms with van der Waals surface area (Å²) in [5, 5.41) is 17.0. The molecule has 0 fully saturated rings. The van der Waals surface area contributed by atoms with Crippen LogP contribution in [0.3, 0.4) is 0 Å². The van der Waals surface area contributed by atoms with E-state index in [2.05, 4.69) is 26.2 Å². The third kappa shape index (κ3) is 4.07. The van der Waals surface area contributed by atoms with E-state index >= 15 is 0 Å². The number of benzene rings is 1. The first-order valence-corrected chi connectivity index (χ1v) is 9.76. The number of pyridine rings is 2. The molecule has 154 valence electrons. The second-order valence-electron chi connectivity index (χ2n) is 6.97. The lowest BCUT2D eigenvalue weighted by Gasteiger charge is -2.18. The van der Waals surface area contributed by atoms with Gasteiger partial charge >= 0.3 is 0 Å². The topological polar surface area (TPSA) is 108 Å². The fourth-order valence-corrected chi connectivity index (χ4v) is 3.35. The van der Waals surface area contributed by atoms with Gasteiger partial charge in [-0.15, -0.1) is 0 Å². The highest BCUT2D eigenvalue weighted by Gasteiger charge is 2.18. The van der Waals surface area contributed by atoms with Crippen LogP contribution < -0.4 is 4.74 Å². The molecule has 1 amide bonds. The standard InChI is InChI=1S/C23H20N6O2/c1-3-31-22-19(16-6-4-5-15(9-16)10-24)7-8-20(27-22)23(30)29(2)14-18-12-25-11-17-13-26-28-21(17)18/h4-9,11-13H,3,14H2,1-2H3,(H,26,28). The van der Waals surface area contributed by atoms with Gasteiger partial charge in [0, 0.05) is 42.5 Å². The van der Waals surface area contributed by atoms with Crippen LogP contribution in [-0.4, -0.2) is 44.6 Å². The Morgan fingerprint density at radius 3 is 2.90 bits per heavy atom. The molecule has 0 unspecified atom stereocenters. The van der Waals surface area contributed by atoms with Crippen molar-refractivity contribution < 1.29 is 9.53 Å². The molecule has 3 aromatic heterocycles. The summed E-state index contributed by atoms with van der Waals surface area (Å²) in [6.07, 6.45) is 5.14. The van der Waals surface area contributed by atoms with Crippen LogP contribution in [0.4, 0.5) is 0 Å². The Balaban J connectivity index is 1.62. The summed E-state index contributed by atoms with van der Waals surface area (Å²) in [4.78, 5) is 23.3. The molecule has 0 radical (unpaired) electrons. The molecular weight excluding hydrogens is 392 g/mol. The first kappa shape index (κ1) is 20.0. The van der Waals surface area contributed by atoms with Crippen molar-refractivity contribution in [3.8, 4) is 23.1 Å². The quantitative estimate of drug-likeness (QED) is 0.519. The van der Waals surface area contributed by atoms with Crippen molar-refractivity contribution in [1.82, 2.24) is 25.1 Å². The number of nitrogens with one attached hydrogen (secondary N) is 1. The molecule has 0 atom stereocenters. The predicted octanol–water partition coefficient (Wildman–Crippen LogP) is 3.56. The van der Waals surface area contributed by atoms with Crippen molar-refractivity contribution in [3.05, 3.63) is 71.8 Å². The molecule has 1 aromatic carbocycles. The minimum Gasteiger partial charge on any atom is -0.478 e. The summed E-state index contributed by atoms with van der Waals surface area (Å²) in [6, 6.07) is 12.8. The van der Waals surface area contributed by atoms with Gasteiger partial charge in [0.25, 0.3) is 5.91 Å². The molecule has 0 bridgehead atoms. The zero-order valence-corrected chi connectivity index (χ0v) is 17.2. The van der Waals surface area contributed by atoms with Crippen LogP contribution in [0.15, 0.2) is 55.0 Å². The third-order valence-electron chi connectivity index (χ3n) is 4.85. The molecule has 0 aliphatic carbocycles. The Kier molecular flexibility index (Phi) is 5.58. The zero-order valence-electron chi connectivity index (χ0n) is 17.2. The number of ether oxygens (including phenoxy) is 1.